The van der Waals surface area contributed by atoms with E-state index in [1.165, 1.54) is 19.3 Å². The first-order chi connectivity index (χ1) is 9.84. The summed E-state index contributed by atoms with van der Waals surface area (Å²) in [7, 11) is 0. The molecule has 3 heteroatoms. The number of benzene rings is 1. The smallest absolute Gasteiger partial charge is 0.128 e. The van der Waals surface area contributed by atoms with Crippen LogP contribution in [0.1, 0.15) is 36.4 Å². The number of anilines is 1. The first-order valence-electron chi connectivity index (χ1n) is 7.36. The van der Waals surface area contributed by atoms with Crippen molar-refractivity contribution in [2.45, 2.75) is 25.3 Å². The van der Waals surface area contributed by atoms with E-state index in [9.17, 15) is 0 Å². The average Bonchev–Trinajstić information content (AvgIpc) is 2.56. The monoisotopic (exact) mass is 267 g/mol. The van der Waals surface area contributed by atoms with Crippen molar-refractivity contribution in [2.75, 3.05) is 18.0 Å². The molecule has 3 nitrogen and oxygen atoms in total. The molecule has 104 valence electrons. The fourth-order valence-corrected chi connectivity index (χ4v) is 2.74. The third-order valence-corrected chi connectivity index (χ3v) is 3.97. The van der Waals surface area contributed by atoms with E-state index < -0.39 is 0 Å². The van der Waals surface area contributed by atoms with Crippen molar-refractivity contribution in [3.05, 3.63) is 59.8 Å². The molecule has 0 amide bonds. The lowest BCUT2D eigenvalue weighted by Gasteiger charge is -2.27. The summed E-state index contributed by atoms with van der Waals surface area (Å²) in [4.78, 5) is 6.96. The van der Waals surface area contributed by atoms with Crippen molar-refractivity contribution in [1.82, 2.24) is 4.98 Å². The molecule has 1 atom stereocenters. The van der Waals surface area contributed by atoms with E-state index in [0.29, 0.717) is 0 Å². The largest absolute Gasteiger partial charge is 0.357 e. The van der Waals surface area contributed by atoms with Gasteiger partial charge in [-0.25, -0.2) is 4.98 Å². The minimum absolute atomic E-state index is 0.0981. The normalized spacial score (nSPS) is 16.9. The Morgan fingerprint density at radius 3 is 2.30 bits per heavy atom. The highest BCUT2D eigenvalue weighted by Gasteiger charge is 2.13. The SMILES string of the molecule is N[C@@H](c1ccccc1)c1ccc(N2CCCCC2)nc1. The third kappa shape index (κ3) is 2.83. The highest BCUT2D eigenvalue weighted by atomic mass is 15.2. The third-order valence-electron chi connectivity index (χ3n) is 3.97. The topological polar surface area (TPSA) is 42.1 Å². The summed E-state index contributed by atoms with van der Waals surface area (Å²) in [5.74, 6) is 1.08. The maximum atomic E-state index is 6.29. The minimum Gasteiger partial charge on any atom is -0.357 e. The second-order valence-corrected chi connectivity index (χ2v) is 5.39. The van der Waals surface area contributed by atoms with Crippen molar-refractivity contribution in [3.63, 3.8) is 0 Å². The Balaban J connectivity index is 1.75. The maximum Gasteiger partial charge on any atom is 0.128 e. The van der Waals surface area contributed by atoms with Gasteiger partial charge in [-0.1, -0.05) is 36.4 Å². The molecule has 0 spiro atoms. The second kappa shape index (κ2) is 6.06. The maximum absolute atomic E-state index is 6.29. The highest BCUT2D eigenvalue weighted by Crippen LogP contribution is 2.22. The summed E-state index contributed by atoms with van der Waals surface area (Å²) >= 11 is 0. The first kappa shape index (κ1) is 13.1. The van der Waals surface area contributed by atoms with Crippen LogP contribution in [0.2, 0.25) is 0 Å². The summed E-state index contributed by atoms with van der Waals surface area (Å²) in [6, 6.07) is 14.3. The molecule has 1 saturated heterocycles. The molecule has 2 N–H and O–H groups in total. The summed E-state index contributed by atoms with van der Waals surface area (Å²) in [5.41, 5.74) is 8.48. The van der Waals surface area contributed by atoms with Gasteiger partial charge in [-0.3, -0.25) is 0 Å². The van der Waals surface area contributed by atoms with Crippen LogP contribution in [-0.4, -0.2) is 18.1 Å². The van der Waals surface area contributed by atoms with Gasteiger partial charge in [0.25, 0.3) is 0 Å². The van der Waals surface area contributed by atoms with Gasteiger partial charge < -0.3 is 10.6 Å². The van der Waals surface area contributed by atoms with Gasteiger partial charge in [0.2, 0.25) is 0 Å². The standard InChI is InChI=1S/C17H21N3/c18-17(14-7-3-1-4-8-14)15-9-10-16(19-13-15)20-11-5-2-6-12-20/h1,3-4,7-10,13,17H,2,5-6,11-12,18H2/t17-/m0/s1. The van der Waals surface area contributed by atoms with Crippen LogP contribution < -0.4 is 10.6 Å². The molecule has 1 aliphatic rings. The molecule has 3 rings (SSSR count). The molecule has 1 aliphatic heterocycles. The summed E-state index contributed by atoms with van der Waals surface area (Å²) < 4.78 is 0. The Morgan fingerprint density at radius 1 is 0.900 bits per heavy atom. The van der Waals surface area contributed by atoms with Crippen LogP contribution in [0.5, 0.6) is 0 Å². The van der Waals surface area contributed by atoms with Crippen molar-refractivity contribution in [1.29, 1.82) is 0 Å². The van der Waals surface area contributed by atoms with Crippen molar-refractivity contribution in [3.8, 4) is 0 Å². The predicted molar refractivity (Wildman–Crippen MR) is 82.8 cm³/mol. The van der Waals surface area contributed by atoms with Crippen LogP contribution in [-0.2, 0) is 0 Å². The summed E-state index contributed by atoms with van der Waals surface area (Å²) in [6.07, 6.45) is 5.80. The zero-order valence-corrected chi connectivity index (χ0v) is 11.7. The summed E-state index contributed by atoms with van der Waals surface area (Å²) in [6.45, 7) is 2.24. The fraction of sp³-hybridized carbons (Fsp3) is 0.353. The molecule has 0 aliphatic carbocycles. The summed E-state index contributed by atoms with van der Waals surface area (Å²) in [5, 5.41) is 0. The number of hydrogen-bond donors (Lipinski definition) is 1. The number of pyridine rings is 1. The van der Waals surface area contributed by atoms with Gasteiger partial charge in [-0.05, 0) is 36.5 Å². The molecule has 0 unspecified atom stereocenters. The van der Waals surface area contributed by atoms with Crippen molar-refractivity contribution < 1.29 is 0 Å². The van der Waals surface area contributed by atoms with Crippen LogP contribution in [0.3, 0.4) is 0 Å². The van der Waals surface area contributed by atoms with E-state index in [-0.39, 0.29) is 6.04 Å². The highest BCUT2D eigenvalue weighted by molar-refractivity contribution is 5.41. The van der Waals surface area contributed by atoms with Crippen LogP contribution in [0.4, 0.5) is 5.82 Å². The van der Waals surface area contributed by atoms with Gasteiger partial charge in [0.1, 0.15) is 5.82 Å². The van der Waals surface area contributed by atoms with Gasteiger partial charge >= 0.3 is 0 Å². The lowest BCUT2D eigenvalue weighted by Crippen LogP contribution is -2.30. The van der Waals surface area contributed by atoms with E-state index >= 15 is 0 Å². The van der Waals surface area contributed by atoms with Crippen LogP contribution >= 0.6 is 0 Å². The quantitative estimate of drug-likeness (QED) is 0.929. The number of rotatable bonds is 3. The molecule has 20 heavy (non-hydrogen) atoms. The number of nitrogens with two attached hydrogens (primary N) is 1. The van der Waals surface area contributed by atoms with E-state index in [1.807, 2.05) is 24.4 Å². The second-order valence-electron chi connectivity index (χ2n) is 5.39. The Hall–Kier alpha value is -1.87. The molecular weight excluding hydrogens is 246 g/mol. The zero-order valence-electron chi connectivity index (χ0n) is 11.7. The molecular formula is C17H21N3. The van der Waals surface area contributed by atoms with Gasteiger partial charge in [0.15, 0.2) is 0 Å². The molecule has 0 radical (unpaired) electrons. The van der Waals surface area contributed by atoms with Crippen LogP contribution in [0.15, 0.2) is 48.7 Å². The molecule has 1 aromatic carbocycles. The molecule has 1 aromatic heterocycles. The molecule has 2 aromatic rings. The number of hydrogen-bond acceptors (Lipinski definition) is 3. The van der Waals surface area contributed by atoms with Crippen LogP contribution in [0, 0.1) is 0 Å². The molecule has 2 heterocycles. The van der Waals surface area contributed by atoms with Gasteiger partial charge in [-0.15, -0.1) is 0 Å². The van der Waals surface area contributed by atoms with Crippen molar-refractivity contribution >= 4 is 5.82 Å². The molecule has 0 bridgehead atoms. The zero-order chi connectivity index (χ0) is 13.8. The number of aromatic nitrogens is 1. The Labute approximate surface area is 120 Å². The number of piperidine rings is 1. The molecule has 1 fully saturated rings. The Bertz CT molecular complexity index is 530. The lowest BCUT2D eigenvalue weighted by molar-refractivity contribution is 0.573. The Morgan fingerprint density at radius 2 is 1.65 bits per heavy atom. The first-order valence-corrected chi connectivity index (χ1v) is 7.36. The number of nitrogens with zero attached hydrogens (tertiary/aromatic N) is 2. The van der Waals surface area contributed by atoms with Crippen molar-refractivity contribution in [2.24, 2.45) is 5.73 Å². The fourth-order valence-electron chi connectivity index (χ4n) is 2.74. The van der Waals surface area contributed by atoms with Gasteiger partial charge in [0.05, 0.1) is 6.04 Å². The van der Waals surface area contributed by atoms with Gasteiger partial charge in [0, 0.05) is 19.3 Å². The molecule has 0 saturated carbocycles. The van der Waals surface area contributed by atoms with E-state index in [2.05, 4.69) is 34.1 Å². The predicted octanol–water partition coefficient (Wildman–Crippen LogP) is 3.12. The van der Waals surface area contributed by atoms with E-state index in [4.69, 9.17) is 5.73 Å². The lowest BCUT2D eigenvalue weighted by atomic mass is 10.0. The van der Waals surface area contributed by atoms with Gasteiger partial charge in [-0.2, -0.15) is 0 Å². The average molecular weight is 267 g/mol. The minimum atomic E-state index is -0.0981. The van der Waals surface area contributed by atoms with E-state index in [1.54, 1.807) is 0 Å². The van der Waals surface area contributed by atoms with E-state index in [0.717, 1.165) is 30.0 Å². The Kier molecular flexibility index (Phi) is 3.97. The van der Waals surface area contributed by atoms with Crippen LogP contribution in [0.25, 0.3) is 0 Å².